The van der Waals surface area contributed by atoms with Gasteiger partial charge in [0.1, 0.15) is 0 Å². The van der Waals surface area contributed by atoms with Crippen molar-refractivity contribution in [1.29, 1.82) is 0 Å². The zero-order valence-corrected chi connectivity index (χ0v) is 13.0. The van der Waals surface area contributed by atoms with Gasteiger partial charge in [-0.3, -0.25) is 0 Å². The number of fused-ring (bicyclic) bond motifs is 1. The summed E-state index contributed by atoms with van der Waals surface area (Å²) in [5.41, 5.74) is 3.03. The van der Waals surface area contributed by atoms with Gasteiger partial charge in [-0.1, -0.05) is 18.2 Å². The van der Waals surface area contributed by atoms with E-state index in [0.29, 0.717) is 11.3 Å². The fraction of sp³-hybridized carbons (Fsp3) is 0.188. The largest absolute Gasteiger partial charge is 0.269 e. The van der Waals surface area contributed by atoms with Crippen LogP contribution in [-0.2, 0) is 10.0 Å². The predicted molar refractivity (Wildman–Crippen MR) is 83.0 cm³/mol. The van der Waals surface area contributed by atoms with Gasteiger partial charge in [0.25, 0.3) is 10.0 Å². The molecular formula is C16H16N2O2S. The van der Waals surface area contributed by atoms with Crippen LogP contribution in [0.2, 0.25) is 0 Å². The number of aryl methyl sites for hydroxylation is 3. The lowest BCUT2D eigenvalue weighted by Crippen LogP contribution is -2.15. The molecule has 0 saturated carbocycles. The number of pyridine rings is 1. The fourth-order valence-electron chi connectivity index (χ4n) is 2.43. The minimum Gasteiger partial charge on any atom is -0.234 e. The van der Waals surface area contributed by atoms with E-state index >= 15 is 0 Å². The molecule has 108 valence electrons. The lowest BCUT2D eigenvalue weighted by molar-refractivity contribution is 0.587. The molecule has 0 aliphatic rings. The summed E-state index contributed by atoms with van der Waals surface area (Å²) in [6.45, 7) is 5.64. The SMILES string of the molecule is Cc1cc2cc(C)n(S(=O)(=O)c3ccccc3)c2nc1C. The molecule has 3 rings (SSSR count). The van der Waals surface area contributed by atoms with E-state index < -0.39 is 10.0 Å². The van der Waals surface area contributed by atoms with Gasteiger partial charge < -0.3 is 0 Å². The lowest BCUT2D eigenvalue weighted by atomic mass is 10.2. The summed E-state index contributed by atoms with van der Waals surface area (Å²) in [6.07, 6.45) is 0. The number of hydrogen-bond donors (Lipinski definition) is 0. The highest BCUT2D eigenvalue weighted by Gasteiger charge is 2.22. The van der Waals surface area contributed by atoms with Crippen LogP contribution in [0.3, 0.4) is 0 Å². The number of hydrogen-bond acceptors (Lipinski definition) is 3. The summed E-state index contributed by atoms with van der Waals surface area (Å²) in [7, 11) is -3.63. The molecule has 0 fully saturated rings. The maximum Gasteiger partial charge on any atom is 0.269 e. The van der Waals surface area contributed by atoms with E-state index in [1.165, 1.54) is 3.97 Å². The van der Waals surface area contributed by atoms with Crippen LogP contribution in [0.5, 0.6) is 0 Å². The van der Waals surface area contributed by atoms with Crippen molar-refractivity contribution in [2.24, 2.45) is 0 Å². The normalized spacial score (nSPS) is 12.0. The third-order valence-electron chi connectivity index (χ3n) is 3.63. The molecule has 0 amide bonds. The standard InChI is InChI=1S/C16H16N2O2S/c1-11-9-14-10-12(2)18(16(14)17-13(11)3)21(19,20)15-7-5-4-6-8-15/h4-10H,1-3H3. The van der Waals surface area contributed by atoms with E-state index in [1.54, 1.807) is 37.3 Å². The summed E-state index contributed by atoms with van der Waals surface area (Å²) in [4.78, 5) is 4.74. The van der Waals surface area contributed by atoms with Gasteiger partial charge in [0.2, 0.25) is 0 Å². The monoisotopic (exact) mass is 300 g/mol. The molecule has 0 aliphatic carbocycles. The van der Waals surface area contributed by atoms with Crippen LogP contribution in [0.15, 0.2) is 47.4 Å². The molecule has 0 N–H and O–H groups in total. The van der Waals surface area contributed by atoms with E-state index in [-0.39, 0.29) is 4.90 Å². The molecule has 0 aliphatic heterocycles. The topological polar surface area (TPSA) is 52.0 Å². The zero-order valence-electron chi connectivity index (χ0n) is 12.2. The first-order valence-corrected chi connectivity index (χ1v) is 8.12. The van der Waals surface area contributed by atoms with Gasteiger partial charge in [-0.2, -0.15) is 0 Å². The molecule has 21 heavy (non-hydrogen) atoms. The van der Waals surface area contributed by atoms with E-state index in [0.717, 1.165) is 16.6 Å². The van der Waals surface area contributed by atoms with Crippen LogP contribution < -0.4 is 0 Å². The maximum absolute atomic E-state index is 12.8. The Labute approximate surface area is 124 Å². The number of benzene rings is 1. The Hall–Kier alpha value is -2.14. The third kappa shape index (κ3) is 2.14. The second-order valence-corrected chi connectivity index (χ2v) is 6.96. The van der Waals surface area contributed by atoms with E-state index in [1.807, 2.05) is 26.0 Å². The molecule has 2 aromatic heterocycles. The molecule has 3 aromatic rings. The zero-order chi connectivity index (χ0) is 15.2. The summed E-state index contributed by atoms with van der Waals surface area (Å²) < 4.78 is 27.0. The third-order valence-corrected chi connectivity index (χ3v) is 5.44. The smallest absolute Gasteiger partial charge is 0.234 e. The fourth-order valence-corrected chi connectivity index (χ4v) is 3.95. The quantitative estimate of drug-likeness (QED) is 0.730. The van der Waals surface area contributed by atoms with Crippen molar-refractivity contribution in [3.8, 4) is 0 Å². The Bertz CT molecular complexity index is 926. The Morgan fingerprint density at radius 3 is 2.33 bits per heavy atom. The summed E-state index contributed by atoms with van der Waals surface area (Å²) in [5, 5.41) is 0.843. The summed E-state index contributed by atoms with van der Waals surface area (Å²) >= 11 is 0. The summed E-state index contributed by atoms with van der Waals surface area (Å²) in [5.74, 6) is 0. The van der Waals surface area contributed by atoms with Gasteiger partial charge >= 0.3 is 0 Å². The van der Waals surface area contributed by atoms with Crippen molar-refractivity contribution in [3.05, 3.63) is 59.4 Å². The van der Waals surface area contributed by atoms with Gasteiger partial charge in [-0.25, -0.2) is 17.4 Å². The molecule has 1 aromatic carbocycles. The van der Waals surface area contributed by atoms with Crippen molar-refractivity contribution in [2.75, 3.05) is 0 Å². The first-order chi connectivity index (χ1) is 9.91. The van der Waals surface area contributed by atoms with Crippen molar-refractivity contribution >= 4 is 21.1 Å². The van der Waals surface area contributed by atoms with Crippen molar-refractivity contribution in [1.82, 2.24) is 8.96 Å². The minimum atomic E-state index is -3.63. The Morgan fingerprint density at radius 2 is 1.67 bits per heavy atom. The van der Waals surface area contributed by atoms with Crippen LogP contribution in [-0.4, -0.2) is 17.4 Å². The average Bonchev–Trinajstić information content (AvgIpc) is 2.76. The highest BCUT2D eigenvalue weighted by Crippen LogP contribution is 2.25. The van der Waals surface area contributed by atoms with Crippen LogP contribution in [0.25, 0.3) is 11.0 Å². The lowest BCUT2D eigenvalue weighted by Gasteiger charge is -2.10. The van der Waals surface area contributed by atoms with Gasteiger partial charge in [-0.15, -0.1) is 0 Å². The minimum absolute atomic E-state index is 0.269. The van der Waals surface area contributed by atoms with Crippen LogP contribution in [0, 0.1) is 20.8 Å². The molecule has 0 spiro atoms. The Balaban J connectivity index is 2.35. The predicted octanol–water partition coefficient (Wildman–Crippen LogP) is 3.20. The molecule has 0 atom stereocenters. The van der Waals surface area contributed by atoms with Gasteiger partial charge in [0, 0.05) is 16.8 Å². The second-order valence-electron chi connectivity index (χ2n) is 5.17. The van der Waals surface area contributed by atoms with Crippen molar-refractivity contribution in [2.45, 2.75) is 25.7 Å². The first-order valence-electron chi connectivity index (χ1n) is 6.68. The molecule has 4 nitrogen and oxygen atoms in total. The highest BCUT2D eigenvalue weighted by molar-refractivity contribution is 7.90. The van der Waals surface area contributed by atoms with Crippen molar-refractivity contribution in [3.63, 3.8) is 0 Å². The highest BCUT2D eigenvalue weighted by atomic mass is 32.2. The average molecular weight is 300 g/mol. The van der Waals surface area contributed by atoms with E-state index in [9.17, 15) is 8.42 Å². The first kappa shape index (κ1) is 13.8. The number of nitrogens with zero attached hydrogens (tertiary/aromatic N) is 2. The van der Waals surface area contributed by atoms with E-state index in [4.69, 9.17) is 0 Å². The number of aromatic nitrogens is 2. The molecular weight excluding hydrogens is 284 g/mol. The molecule has 0 bridgehead atoms. The molecule has 0 unspecified atom stereocenters. The van der Waals surface area contributed by atoms with E-state index in [2.05, 4.69) is 4.98 Å². The molecule has 0 radical (unpaired) electrons. The van der Waals surface area contributed by atoms with Crippen molar-refractivity contribution < 1.29 is 8.42 Å². The second kappa shape index (κ2) is 4.70. The molecule has 5 heteroatoms. The number of rotatable bonds is 2. The van der Waals surface area contributed by atoms with Crippen LogP contribution >= 0.6 is 0 Å². The Kier molecular flexibility index (Phi) is 3.10. The molecule has 2 heterocycles. The molecule has 0 saturated heterocycles. The van der Waals surface area contributed by atoms with Gasteiger partial charge in [-0.05, 0) is 50.6 Å². The van der Waals surface area contributed by atoms with Crippen LogP contribution in [0.1, 0.15) is 17.0 Å². The van der Waals surface area contributed by atoms with Gasteiger partial charge in [0.15, 0.2) is 5.65 Å². The Morgan fingerprint density at radius 1 is 1.00 bits per heavy atom. The maximum atomic E-state index is 12.8. The van der Waals surface area contributed by atoms with Crippen LogP contribution in [0.4, 0.5) is 0 Å². The summed E-state index contributed by atoms with van der Waals surface area (Å²) in [6, 6.07) is 12.3. The van der Waals surface area contributed by atoms with Gasteiger partial charge in [0.05, 0.1) is 4.90 Å².